The number of aliphatic hydroxyl groups excluding tert-OH is 1. The van der Waals surface area contributed by atoms with Crippen molar-refractivity contribution in [3.05, 3.63) is 52.6 Å². The number of nitrogens with one attached hydrogen (secondary N) is 1. The molecule has 0 saturated heterocycles. The summed E-state index contributed by atoms with van der Waals surface area (Å²) < 4.78 is 52.7. The molecular weight excluding hydrogens is 362 g/mol. The summed E-state index contributed by atoms with van der Waals surface area (Å²) in [6.45, 7) is 2.62. The van der Waals surface area contributed by atoms with E-state index >= 15 is 0 Å². The van der Waals surface area contributed by atoms with E-state index in [1.165, 1.54) is 18.3 Å². The number of rotatable bonds is 7. The second-order valence-corrected chi connectivity index (χ2v) is 7.23. The summed E-state index contributed by atoms with van der Waals surface area (Å²) in [5.74, 6) is -0.218. The van der Waals surface area contributed by atoms with Gasteiger partial charge in [-0.2, -0.15) is 18.3 Å². The van der Waals surface area contributed by atoms with Gasteiger partial charge in [0.25, 0.3) is 0 Å². The van der Waals surface area contributed by atoms with Crippen LogP contribution in [-0.4, -0.2) is 27.1 Å². The Bertz CT molecular complexity index is 799. The highest BCUT2D eigenvalue weighted by atomic mass is 19.4. The number of aliphatic hydroxyl groups is 1. The van der Waals surface area contributed by atoms with Crippen LogP contribution >= 0.6 is 0 Å². The van der Waals surface area contributed by atoms with E-state index in [1.807, 2.05) is 0 Å². The van der Waals surface area contributed by atoms with E-state index in [-0.39, 0.29) is 17.8 Å². The lowest BCUT2D eigenvalue weighted by Crippen LogP contribution is -2.32. The minimum Gasteiger partial charge on any atom is -0.387 e. The van der Waals surface area contributed by atoms with Crippen LogP contribution in [0.15, 0.2) is 24.4 Å². The average molecular weight is 385 g/mol. The molecule has 1 aromatic heterocycles. The summed E-state index contributed by atoms with van der Waals surface area (Å²) in [4.78, 5) is 0. The van der Waals surface area contributed by atoms with Gasteiger partial charge < -0.3 is 10.4 Å². The van der Waals surface area contributed by atoms with Gasteiger partial charge in [0.2, 0.25) is 0 Å². The monoisotopic (exact) mass is 385 g/mol. The van der Waals surface area contributed by atoms with Crippen molar-refractivity contribution < 1.29 is 22.7 Å². The van der Waals surface area contributed by atoms with Gasteiger partial charge in [-0.3, -0.25) is 4.68 Å². The molecule has 1 fully saturated rings. The van der Waals surface area contributed by atoms with Crippen LogP contribution in [0.4, 0.5) is 17.6 Å². The lowest BCUT2D eigenvalue weighted by atomic mass is 10.0. The number of hydrogen-bond acceptors (Lipinski definition) is 3. The molecule has 2 atom stereocenters. The van der Waals surface area contributed by atoms with Crippen LogP contribution in [0.1, 0.15) is 54.2 Å². The third-order valence-electron chi connectivity index (χ3n) is 4.86. The van der Waals surface area contributed by atoms with Crippen LogP contribution in [-0.2, 0) is 13.1 Å². The Balaban J connectivity index is 1.68. The molecule has 1 saturated carbocycles. The molecular formula is C19H23F4N3O. The molecule has 1 aliphatic rings. The summed E-state index contributed by atoms with van der Waals surface area (Å²) in [7, 11) is 0. The Morgan fingerprint density at radius 3 is 2.63 bits per heavy atom. The summed E-state index contributed by atoms with van der Waals surface area (Å²) in [6.07, 6.45) is -1.98. The first-order chi connectivity index (χ1) is 12.7. The third-order valence-corrected chi connectivity index (χ3v) is 4.86. The minimum atomic E-state index is -4.32. The number of hydrogen-bond donors (Lipinski definition) is 2. The van der Waals surface area contributed by atoms with Crippen molar-refractivity contribution in [1.82, 2.24) is 15.1 Å². The van der Waals surface area contributed by atoms with Gasteiger partial charge in [0.15, 0.2) is 0 Å². The smallest absolute Gasteiger partial charge is 0.387 e. The Hall–Kier alpha value is -1.93. The first-order valence-electron chi connectivity index (χ1n) is 8.94. The molecule has 27 heavy (non-hydrogen) atoms. The molecule has 0 amide bonds. The maximum absolute atomic E-state index is 13.4. The zero-order chi connectivity index (χ0) is 19.8. The largest absolute Gasteiger partial charge is 0.408 e. The van der Waals surface area contributed by atoms with Crippen LogP contribution < -0.4 is 5.32 Å². The zero-order valence-corrected chi connectivity index (χ0v) is 15.2. The third kappa shape index (κ3) is 4.87. The lowest BCUT2D eigenvalue weighted by Gasteiger charge is -2.21. The highest BCUT2D eigenvalue weighted by Crippen LogP contribution is 2.42. The molecule has 0 aliphatic heterocycles. The first-order valence-corrected chi connectivity index (χ1v) is 8.94. The van der Waals surface area contributed by atoms with Gasteiger partial charge in [0.1, 0.15) is 12.4 Å². The fourth-order valence-electron chi connectivity index (χ4n) is 3.22. The van der Waals surface area contributed by atoms with Crippen molar-refractivity contribution in [3.63, 3.8) is 0 Å². The Labute approximate surface area is 155 Å². The summed E-state index contributed by atoms with van der Waals surface area (Å²) >= 11 is 0. The van der Waals surface area contributed by atoms with Gasteiger partial charge in [-0.05, 0) is 43.9 Å². The van der Waals surface area contributed by atoms with Crippen LogP contribution in [0.2, 0.25) is 0 Å². The lowest BCUT2D eigenvalue weighted by molar-refractivity contribution is -0.143. The first kappa shape index (κ1) is 19.8. The average Bonchev–Trinajstić information content (AvgIpc) is 3.35. The number of alkyl halides is 3. The molecule has 0 bridgehead atoms. The van der Waals surface area contributed by atoms with Crippen molar-refractivity contribution in [2.75, 3.05) is 0 Å². The standard InChI is InChI=1S/C19H23F4N3O/c1-11-7-14(5-6-16(11)20)18(27)12(2)24-8-15-9-25-26(10-19(21,22)23)17(15)13-3-4-13/h5-7,9,12-13,18,24,27H,3-4,8,10H2,1-2H3. The van der Waals surface area contributed by atoms with Crippen molar-refractivity contribution in [2.45, 2.75) is 64.0 Å². The van der Waals surface area contributed by atoms with E-state index in [0.717, 1.165) is 23.1 Å². The molecule has 0 radical (unpaired) electrons. The van der Waals surface area contributed by atoms with Gasteiger partial charge in [-0.15, -0.1) is 0 Å². The van der Waals surface area contributed by atoms with Crippen molar-refractivity contribution in [3.8, 4) is 0 Å². The maximum Gasteiger partial charge on any atom is 0.408 e. The molecule has 2 unspecified atom stereocenters. The van der Waals surface area contributed by atoms with Crippen LogP contribution in [0.25, 0.3) is 0 Å². The molecule has 2 aromatic rings. The number of nitrogens with zero attached hydrogens (tertiary/aromatic N) is 2. The second kappa shape index (κ2) is 7.59. The Morgan fingerprint density at radius 2 is 2.04 bits per heavy atom. The molecule has 3 rings (SSSR count). The summed E-state index contributed by atoms with van der Waals surface area (Å²) in [6, 6.07) is 4.07. The summed E-state index contributed by atoms with van der Waals surface area (Å²) in [5.41, 5.74) is 2.38. The van der Waals surface area contributed by atoms with Gasteiger partial charge in [-0.25, -0.2) is 4.39 Å². The molecule has 1 aromatic carbocycles. The van der Waals surface area contributed by atoms with Gasteiger partial charge in [0, 0.05) is 29.8 Å². The maximum atomic E-state index is 13.4. The minimum absolute atomic E-state index is 0.117. The molecule has 1 aliphatic carbocycles. The fourth-order valence-corrected chi connectivity index (χ4v) is 3.22. The highest BCUT2D eigenvalue weighted by molar-refractivity contribution is 5.28. The SMILES string of the molecule is Cc1cc(C(O)C(C)NCc2cnn(CC(F)(F)F)c2C2CC2)ccc1F. The van der Waals surface area contributed by atoms with Crippen molar-refractivity contribution in [2.24, 2.45) is 0 Å². The second-order valence-electron chi connectivity index (χ2n) is 7.23. The number of halogens is 4. The Morgan fingerprint density at radius 1 is 1.33 bits per heavy atom. The number of aryl methyl sites for hydroxylation is 1. The summed E-state index contributed by atoms with van der Waals surface area (Å²) in [5, 5.41) is 17.5. The van der Waals surface area contributed by atoms with Crippen LogP contribution in [0.3, 0.4) is 0 Å². The molecule has 2 N–H and O–H groups in total. The fraction of sp³-hybridized carbons (Fsp3) is 0.526. The van der Waals surface area contributed by atoms with Crippen LogP contribution in [0.5, 0.6) is 0 Å². The van der Waals surface area contributed by atoms with Gasteiger partial charge in [-0.1, -0.05) is 12.1 Å². The van der Waals surface area contributed by atoms with E-state index in [1.54, 1.807) is 19.9 Å². The van der Waals surface area contributed by atoms with E-state index in [2.05, 4.69) is 10.4 Å². The normalized spacial score (nSPS) is 17.1. The van der Waals surface area contributed by atoms with E-state index in [0.29, 0.717) is 23.4 Å². The predicted octanol–water partition coefficient (Wildman–Crippen LogP) is 3.98. The molecule has 0 spiro atoms. The van der Waals surface area contributed by atoms with Crippen molar-refractivity contribution in [1.29, 1.82) is 0 Å². The molecule has 1 heterocycles. The number of benzene rings is 1. The van der Waals surface area contributed by atoms with Crippen LogP contribution in [0, 0.1) is 12.7 Å². The molecule has 8 heteroatoms. The topological polar surface area (TPSA) is 50.1 Å². The highest BCUT2D eigenvalue weighted by Gasteiger charge is 2.35. The van der Waals surface area contributed by atoms with Crippen molar-refractivity contribution >= 4 is 0 Å². The predicted molar refractivity (Wildman–Crippen MR) is 92.7 cm³/mol. The van der Waals surface area contributed by atoms with Gasteiger partial charge in [0.05, 0.1) is 12.3 Å². The van der Waals surface area contributed by atoms with E-state index in [4.69, 9.17) is 0 Å². The van der Waals surface area contributed by atoms with E-state index < -0.39 is 18.8 Å². The molecule has 4 nitrogen and oxygen atoms in total. The van der Waals surface area contributed by atoms with Gasteiger partial charge >= 0.3 is 6.18 Å². The Kier molecular flexibility index (Phi) is 5.58. The molecule has 148 valence electrons. The zero-order valence-electron chi connectivity index (χ0n) is 15.2. The number of aromatic nitrogens is 2. The quantitative estimate of drug-likeness (QED) is 0.709. The van der Waals surface area contributed by atoms with E-state index in [9.17, 15) is 22.7 Å².